The van der Waals surface area contributed by atoms with E-state index in [2.05, 4.69) is 9.97 Å². The Morgan fingerprint density at radius 3 is 2.81 bits per heavy atom. The zero-order valence-electron chi connectivity index (χ0n) is 11.2. The minimum absolute atomic E-state index is 0.134. The highest BCUT2D eigenvalue weighted by molar-refractivity contribution is 7.90. The maximum Gasteiger partial charge on any atom is 0.282 e. The molecule has 110 valence electrons. The molecule has 0 radical (unpaired) electrons. The zero-order chi connectivity index (χ0) is 15.0. The third kappa shape index (κ3) is 2.96. The predicted octanol–water partition coefficient (Wildman–Crippen LogP) is 1.84. The second-order valence-electron chi connectivity index (χ2n) is 4.90. The van der Waals surface area contributed by atoms with Gasteiger partial charge in [0.15, 0.2) is 5.03 Å². The van der Waals surface area contributed by atoms with E-state index in [9.17, 15) is 13.2 Å². The van der Waals surface area contributed by atoms with Crippen molar-refractivity contribution in [3.05, 3.63) is 40.0 Å². The summed E-state index contributed by atoms with van der Waals surface area (Å²) in [5, 5.41) is 0.761. The minimum atomic E-state index is -3.97. The molecule has 0 aliphatic heterocycles. The molecule has 2 heterocycles. The SMILES string of the molecule is Cc1cccnc1S(=O)(=O)NC(=O)c1cnc(C2CC2)s1. The van der Waals surface area contributed by atoms with Crippen LogP contribution in [0.5, 0.6) is 0 Å². The van der Waals surface area contributed by atoms with E-state index in [1.807, 2.05) is 4.72 Å². The number of hydrogen-bond donors (Lipinski definition) is 1. The fraction of sp³-hybridized carbons (Fsp3) is 0.308. The number of aromatic nitrogens is 2. The number of nitrogens with one attached hydrogen (secondary N) is 1. The second kappa shape index (κ2) is 5.19. The average molecular weight is 323 g/mol. The highest BCUT2D eigenvalue weighted by Crippen LogP contribution is 2.41. The lowest BCUT2D eigenvalue weighted by Crippen LogP contribution is -2.31. The number of rotatable bonds is 4. The molecule has 0 aromatic carbocycles. The van der Waals surface area contributed by atoms with Crippen LogP contribution in [0.15, 0.2) is 29.6 Å². The number of aryl methyl sites for hydroxylation is 1. The molecule has 0 saturated heterocycles. The van der Waals surface area contributed by atoms with E-state index in [1.54, 1.807) is 19.1 Å². The number of pyridine rings is 1. The molecule has 1 amide bonds. The standard InChI is InChI=1S/C13H13N3O3S2/c1-8-3-2-6-14-13(8)21(18,19)16-11(17)10-7-15-12(20-10)9-4-5-9/h2-3,6-7,9H,4-5H2,1H3,(H,16,17). The molecule has 1 N–H and O–H groups in total. The lowest BCUT2D eigenvalue weighted by Gasteiger charge is -2.06. The van der Waals surface area contributed by atoms with Crippen molar-refractivity contribution >= 4 is 27.3 Å². The van der Waals surface area contributed by atoms with Crippen LogP contribution >= 0.6 is 11.3 Å². The van der Waals surface area contributed by atoms with E-state index in [1.165, 1.54) is 23.7 Å². The van der Waals surface area contributed by atoms with E-state index in [0.29, 0.717) is 16.4 Å². The molecule has 21 heavy (non-hydrogen) atoms. The van der Waals surface area contributed by atoms with Gasteiger partial charge in [-0.2, -0.15) is 8.42 Å². The molecule has 0 unspecified atom stereocenters. The van der Waals surface area contributed by atoms with Gasteiger partial charge in [0.05, 0.1) is 11.2 Å². The number of carbonyl (C=O) groups is 1. The molecule has 0 bridgehead atoms. The first-order chi connectivity index (χ1) is 9.97. The van der Waals surface area contributed by atoms with Crippen molar-refractivity contribution in [1.29, 1.82) is 0 Å². The summed E-state index contributed by atoms with van der Waals surface area (Å²) in [5.74, 6) is -0.226. The van der Waals surface area contributed by atoms with Gasteiger partial charge in [-0.1, -0.05) is 6.07 Å². The van der Waals surface area contributed by atoms with Gasteiger partial charge in [-0.05, 0) is 31.4 Å². The van der Waals surface area contributed by atoms with Gasteiger partial charge in [0, 0.05) is 12.1 Å². The lowest BCUT2D eigenvalue weighted by atomic mass is 10.3. The molecule has 0 spiro atoms. The molecule has 2 aromatic heterocycles. The van der Waals surface area contributed by atoms with Gasteiger partial charge >= 0.3 is 0 Å². The highest BCUT2D eigenvalue weighted by Gasteiger charge is 2.28. The van der Waals surface area contributed by atoms with Crippen molar-refractivity contribution in [2.24, 2.45) is 0 Å². The molecule has 8 heteroatoms. The minimum Gasteiger partial charge on any atom is -0.267 e. The summed E-state index contributed by atoms with van der Waals surface area (Å²) < 4.78 is 26.4. The zero-order valence-corrected chi connectivity index (χ0v) is 12.9. The highest BCUT2D eigenvalue weighted by atomic mass is 32.2. The third-order valence-electron chi connectivity index (χ3n) is 3.12. The van der Waals surface area contributed by atoms with E-state index in [0.717, 1.165) is 17.8 Å². The van der Waals surface area contributed by atoms with Crippen LogP contribution < -0.4 is 4.72 Å². The van der Waals surface area contributed by atoms with Crippen molar-refractivity contribution < 1.29 is 13.2 Å². The van der Waals surface area contributed by atoms with Gasteiger partial charge in [0.1, 0.15) is 4.88 Å². The summed E-state index contributed by atoms with van der Waals surface area (Å²) >= 11 is 1.24. The lowest BCUT2D eigenvalue weighted by molar-refractivity contribution is 0.0985. The molecular formula is C13H13N3O3S2. The number of carbonyl (C=O) groups excluding carboxylic acids is 1. The average Bonchev–Trinajstić information content (AvgIpc) is 3.16. The largest absolute Gasteiger partial charge is 0.282 e. The van der Waals surface area contributed by atoms with Gasteiger partial charge in [-0.3, -0.25) is 4.79 Å². The monoisotopic (exact) mass is 323 g/mol. The summed E-state index contributed by atoms with van der Waals surface area (Å²) in [4.78, 5) is 20.3. The van der Waals surface area contributed by atoms with Gasteiger partial charge in [-0.15, -0.1) is 11.3 Å². The first-order valence-electron chi connectivity index (χ1n) is 6.42. The fourth-order valence-electron chi connectivity index (χ4n) is 1.88. The Balaban J connectivity index is 1.81. The summed E-state index contributed by atoms with van der Waals surface area (Å²) in [6, 6.07) is 3.27. The fourth-order valence-corrected chi connectivity index (χ4v) is 4.07. The van der Waals surface area contributed by atoms with Crippen LogP contribution in [0.1, 0.15) is 39.0 Å². The molecule has 1 saturated carbocycles. The number of nitrogens with zero attached hydrogens (tertiary/aromatic N) is 2. The first-order valence-corrected chi connectivity index (χ1v) is 8.72. The Kier molecular flexibility index (Phi) is 3.50. The molecule has 0 atom stereocenters. The van der Waals surface area contributed by atoms with Crippen LogP contribution in [0.25, 0.3) is 0 Å². The molecule has 1 aliphatic rings. The van der Waals surface area contributed by atoms with E-state index >= 15 is 0 Å². The van der Waals surface area contributed by atoms with Crippen molar-refractivity contribution in [2.75, 3.05) is 0 Å². The van der Waals surface area contributed by atoms with Crippen LogP contribution in [0, 0.1) is 6.92 Å². The topological polar surface area (TPSA) is 89.0 Å². The third-order valence-corrected chi connectivity index (χ3v) is 5.67. The summed E-state index contributed by atoms with van der Waals surface area (Å²) in [7, 11) is -3.97. The predicted molar refractivity (Wildman–Crippen MR) is 77.7 cm³/mol. The summed E-state index contributed by atoms with van der Waals surface area (Å²) in [6.45, 7) is 1.63. The maximum absolute atomic E-state index is 12.2. The van der Waals surface area contributed by atoms with Crippen LogP contribution in [-0.4, -0.2) is 24.3 Å². The number of amides is 1. The van der Waals surface area contributed by atoms with Gasteiger partial charge in [-0.25, -0.2) is 14.7 Å². The van der Waals surface area contributed by atoms with Crippen molar-refractivity contribution in [1.82, 2.24) is 14.7 Å². The Morgan fingerprint density at radius 2 is 2.14 bits per heavy atom. The first kappa shape index (κ1) is 14.2. The van der Waals surface area contributed by atoms with E-state index in [4.69, 9.17) is 0 Å². The summed E-state index contributed by atoms with van der Waals surface area (Å²) in [5.41, 5.74) is 0.487. The smallest absolute Gasteiger partial charge is 0.267 e. The Bertz CT molecular complexity index is 794. The molecule has 6 nitrogen and oxygen atoms in total. The molecule has 3 rings (SSSR count). The number of thiazole rings is 1. The second-order valence-corrected chi connectivity index (χ2v) is 7.56. The molecule has 1 fully saturated rings. The molecule has 2 aromatic rings. The van der Waals surface area contributed by atoms with Crippen LogP contribution in [0.3, 0.4) is 0 Å². The van der Waals surface area contributed by atoms with E-state index < -0.39 is 15.9 Å². The van der Waals surface area contributed by atoms with Crippen LogP contribution in [0.4, 0.5) is 0 Å². The van der Waals surface area contributed by atoms with Crippen LogP contribution in [0.2, 0.25) is 0 Å². The van der Waals surface area contributed by atoms with Crippen molar-refractivity contribution in [3.63, 3.8) is 0 Å². The van der Waals surface area contributed by atoms with Gasteiger partial charge in [0.2, 0.25) is 0 Å². The molecule has 1 aliphatic carbocycles. The molecular weight excluding hydrogens is 310 g/mol. The van der Waals surface area contributed by atoms with Crippen molar-refractivity contribution in [2.45, 2.75) is 30.7 Å². The number of hydrogen-bond acceptors (Lipinski definition) is 6. The Labute approximate surface area is 126 Å². The van der Waals surface area contributed by atoms with E-state index in [-0.39, 0.29) is 5.03 Å². The Morgan fingerprint density at radius 1 is 1.38 bits per heavy atom. The van der Waals surface area contributed by atoms with Crippen molar-refractivity contribution in [3.8, 4) is 0 Å². The summed E-state index contributed by atoms with van der Waals surface area (Å²) in [6.07, 6.45) is 4.97. The van der Waals surface area contributed by atoms with Gasteiger partial charge < -0.3 is 0 Å². The van der Waals surface area contributed by atoms with Crippen LogP contribution in [-0.2, 0) is 10.0 Å². The van der Waals surface area contributed by atoms with Gasteiger partial charge in [0.25, 0.3) is 15.9 Å². The quantitative estimate of drug-likeness (QED) is 0.927. The maximum atomic E-state index is 12.2. The Hall–Kier alpha value is -1.80. The number of sulfonamides is 1. The normalized spacial score (nSPS) is 14.9.